The zero-order valence-electron chi connectivity index (χ0n) is 24.3. The topological polar surface area (TPSA) is 181 Å². The van der Waals surface area contributed by atoms with Crippen LogP contribution in [0.5, 0.6) is 5.75 Å². The molecule has 1 saturated heterocycles. The van der Waals surface area contributed by atoms with Gasteiger partial charge in [0.2, 0.25) is 0 Å². The van der Waals surface area contributed by atoms with Crippen molar-refractivity contribution in [1.82, 2.24) is 14.6 Å². The number of nitro groups is 1. The summed E-state index contributed by atoms with van der Waals surface area (Å²) in [5.74, 6) is -0.622. The highest BCUT2D eigenvalue weighted by molar-refractivity contribution is 7.52. The van der Waals surface area contributed by atoms with Gasteiger partial charge in [-0.15, -0.1) is 0 Å². The van der Waals surface area contributed by atoms with Gasteiger partial charge in [0, 0.05) is 30.8 Å². The average Bonchev–Trinajstić information content (AvgIpc) is 3.25. The van der Waals surface area contributed by atoms with Gasteiger partial charge < -0.3 is 14.0 Å². The highest BCUT2D eigenvalue weighted by Gasteiger charge is 2.48. The van der Waals surface area contributed by atoms with Crippen LogP contribution in [0, 0.1) is 10.1 Å². The summed E-state index contributed by atoms with van der Waals surface area (Å²) in [6, 6.07) is 12.1. The van der Waals surface area contributed by atoms with Crippen molar-refractivity contribution in [2.24, 2.45) is 0 Å². The number of nitro benzene ring substituents is 1. The zero-order valence-corrected chi connectivity index (χ0v) is 25.2. The lowest BCUT2D eigenvalue weighted by atomic mass is 10.0. The van der Waals surface area contributed by atoms with Gasteiger partial charge in [-0.2, -0.15) is 5.09 Å². The molecule has 1 fully saturated rings. The first kappa shape index (κ1) is 32.7. The molecule has 3 aromatic rings. The number of aromatic amines is 1. The number of carbonyl (C=O) groups is 1. The first-order valence-electron chi connectivity index (χ1n) is 13.6. The zero-order chi connectivity index (χ0) is 32.2. The van der Waals surface area contributed by atoms with E-state index in [1.807, 2.05) is 4.98 Å². The van der Waals surface area contributed by atoms with Gasteiger partial charge in [-0.1, -0.05) is 12.1 Å². The molecule has 44 heavy (non-hydrogen) atoms. The van der Waals surface area contributed by atoms with Gasteiger partial charge in [0.15, 0.2) is 11.9 Å². The number of benzene rings is 2. The number of nitrogens with zero attached hydrogens (tertiary/aromatic N) is 2. The number of rotatable bonds is 12. The second kappa shape index (κ2) is 13.2. The van der Waals surface area contributed by atoms with E-state index in [4.69, 9.17) is 18.5 Å². The molecule has 0 saturated carbocycles. The average molecular weight is 635 g/mol. The minimum Gasteiger partial charge on any atom is -0.462 e. The SMILES string of the molecule is CC(C)OC(=O)[C@H](C)NP(=O)(OC[C@@H]1C[C@@](C)(F)[C@H](n2ccc(=O)[nH]c2=O)O1)Oc1ccc(-c2ccc([N+](=O)[O-])cc2)cc1. The number of halogens is 1. The number of alkyl halides is 1. The second-order valence-corrected chi connectivity index (χ2v) is 12.4. The number of esters is 1. The number of aromatic nitrogens is 2. The van der Waals surface area contributed by atoms with E-state index in [-0.39, 0.29) is 17.9 Å². The van der Waals surface area contributed by atoms with Crippen LogP contribution in [-0.2, 0) is 23.4 Å². The van der Waals surface area contributed by atoms with Crippen molar-refractivity contribution in [3.8, 4) is 16.9 Å². The van der Waals surface area contributed by atoms with E-state index in [2.05, 4.69) is 5.09 Å². The number of nitrogens with one attached hydrogen (secondary N) is 2. The summed E-state index contributed by atoms with van der Waals surface area (Å²) in [7, 11) is -4.35. The van der Waals surface area contributed by atoms with Crippen molar-refractivity contribution in [3.63, 3.8) is 0 Å². The van der Waals surface area contributed by atoms with E-state index in [0.717, 1.165) is 16.8 Å². The summed E-state index contributed by atoms with van der Waals surface area (Å²) >= 11 is 0. The Morgan fingerprint density at radius 1 is 1.16 bits per heavy atom. The molecule has 1 aliphatic heterocycles. The Morgan fingerprint density at radius 2 is 1.77 bits per heavy atom. The third-order valence-electron chi connectivity index (χ3n) is 6.55. The summed E-state index contributed by atoms with van der Waals surface area (Å²) in [5, 5.41) is 13.5. The van der Waals surface area contributed by atoms with Crippen molar-refractivity contribution < 1.29 is 37.2 Å². The van der Waals surface area contributed by atoms with Gasteiger partial charge >= 0.3 is 19.4 Å². The van der Waals surface area contributed by atoms with Crippen molar-refractivity contribution in [1.29, 1.82) is 0 Å². The van der Waals surface area contributed by atoms with E-state index < -0.39 is 66.6 Å². The molecule has 1 unspecified atom stereocenters. The second-order valence-electron chi connectivity index (χ2n) is 10.7. The van der Waals surface area contributed by atoms with E-state index in [0.29, 0.717) is 11.1 Å². The van der Waals surface area contributed by atoms with Gasteiger partial charge in [0.05, 0.1) is 23.7 Å². The molecule has 2 heterocycles. The van der Waals surface area contributed by atoms with Crippen LogP contribution in [0.2, 0.25) is 0 Å². The Morgan fingerprint density at radius 3 is 2.34 bits per heavy atom. The first-order chi connectivity index (χ1) is 20.7. The Kier molecular flexibility index (Phi) is 9.84. The molecule has 4 rings (SSSR count). The molecular formula is C28H32FN4O10P. The summed E-state index contributed by atoms with van der Waals surface area (Å²) in [6.07, 6.45) is -1.97. The maximum atomic E-state index is 15.5. The monoisotopic (exact) mass is 634 g/mol. The fraction of sp³-hybridized carbons (Fsp3) is 0.393. The lowest BCUT2D eigenvalue weighted by Gasteiger charge is -2.24. The van der Waals surface area contributed by atoms with Gasteiger partial charge in [-0.25, -0.2) is 13.8 Å². The van der Waals surface area contributed by atoms with Crippen molar-refractivity contribution >= 4 is 19.4 Å². The molecule has 236 valence electrons. The van der Waals surface area contributed by atoms with Crippen LogP contribution < -0.4 is 20.9 Å². The number of hydrogen-bond acceptors (Lipinski definition) is 10. The smallest absolute Gasteiger partial charge is 0.459 e. The number of non-ortho nitro benzene ring substituents is 1. The number of ether oxygens (including phenoxy) is 2. The molecule has 2 aromatic carbocycles. The van der Waals surface area contributed by atoms with Crippen LogP contribution in [0.3, 0.4) is 0 Å². The predicted octanol–water partition coefficient (Wildman–Crippen LogP) is 4.26. The lowest BCUT2D eigenvalue weighted by molar-refractivity contribution is -0.384. The Labute approximate surface area is 250 Å². The van der Waals surface area contributed by atoms with Gasteiger partial charge in [-0.3, -0.25) is 33.8 Å². The van der Waals surface area contributed by atoms with Crippen LogP contribution in [0.25, 0.3) is 11.1 Å². The summed E-state index contributed by atoms with van der Waals surface area (Å²) in [6.45, 7) is 5.48. The third-order valence-corrected chi connectivity index (χ3v) is 8.19. The molecule has 1 aromatic heterocycles. The standard InChI is InChI=1S/C28H32FN4O10P/c1-17(2)41-25(35)18(3)31-44(39,43-22-11-7-20(8-12-22)19-5-9-21(10-6-19)33(37)38)40-16-23-15-28(4,29)26(42-23)32-14-13-24(34)30-27(32)36/h5-14,17-18,23,26H,15-16H2,1-4H3,(H,31,39)(H,30,34,36)/t18-,23-,26+,28+,44?/m0/s1. The van der Waals surface area contributed by atoms with E-state index in [1.54, 1.807) is 38.1 Å². The first-order valence-corrected chi connectivity index (χ1v) is 15.1. The predicted molar refractivity (Wildman–Crippen MR) is 156 cm³/mol. The minimum absolute atomic E-state index is 0.0561. The molecule has 2 N–H and O–H groups in total. The van der Waals surface area contributed by atoms with E-state index >= 15 is 4.39 Å². The molecule has 0 bridgehead atoms. The Hall–Kier alpha value is -4.17. The summed E-state index contributed by atoms with van der Waals surface area (Å²) in [5.41, 5.74) is -2.25. The fourth-order valence-electron chi connectivity index (χ4n) is 4.50. The number of carbonyl (C=O) groups excluding carboxylic acids is 1. The maximum absolute atomic E-state index is 15.5. The van der Waals surface area contributed by atoms with Crippen molar-refractivity contribution in [2.45, 2.75) is 64.3 Å². The quantitative estimate of drug-likeness (QED) is 0.126. The molecule has 0 aliphatic carbocycles. The van der Waals surface area contributed by atoms with Crippen LogP contribution in [-0.4, -0.2) is 51.0 Å². The van der Waals surface area contributed by atoms with Crippen LogP contribution >= 0.6 is 7.75 Å². The third kappa shape index (κ3) is 8.05. The molecule has 14 nitrogen and oxygen atoms in total. The normalized spacial score (nSPS) is 21.9. The van der Waals surface area contributed by atoms with Gasteiger partial charge in [0.25, 0.3) is 11.2 Å². The highest BCUT2D eigenvalue weighted by Crippen LogP contribution is 2.47. The van der Waals surface area contributed by atoms with Gasteiger partial charge in [0.1, 0.15) is 11.8 Å². The number of hydrogen-bond donors (Lipinski definition) is 2. The minimum atomic E-state index is -4.35. The van der Waals surface area contributed by atoms with E-state index in [1.165, 1.54) is 38.1 Å². The molecule has 5 atom stereocenters. The Balaban J connectivity index is 1.51. The molecule has 1 aliphatic rings. The highest BCUT2D eigenvalue weighted by atomic mass is 31.2. The van der Waals surface area contributed by atoms with Crippen LogP contribution in [0.1, 0.15) is 40.3 Å². The maximum Gasteiger partial charge on any atom is 0.459 e. The summed E-state index contributed by atoms with van der Waals surface area (Å²) in [4.78, 5) is 48.6. The van der Waals surface area contributed by atoms with Crippen molar-refractivity contribution in [2.75, 3.05) is 6.61 Å². The fourth-order valence-corrected chi connectivity index (χ4v) is 6.02. The Bertz CT molecular complexity index is 1660. The largest absolute Gasteiger partial charge is 0.462 e. The number of H-pyrrole nitrogens is 1. The molecule has 0 spiro atoms. The molecule has 16 heteroatoms. The molecule has 0 amide bonds. The van der Waals surface area contributed by atoms with Gasteiger partial charge in [-0.05, 0) is 63.1 Å². The molecular weight excluding hydrogens is 602 g/mol. The molecule has 0 radical (unpaired) electrons. The lowest BCUT2D eigenvalue weighted by Crippen LogP contribution is -2.38. The van der Waals surface area contributed by atoms with Crippen molar-refractivity contribution in [3.05, 3.63) is 91.7 Å². The van der Waals surface area contributed by atoms with E-state index in [9.17, 15) is 29.1 Å². The summed E-state index contributed by atoms with van der Waals surface area (Å²) < 4.78 is 52.6. The van der Waals surface area contributed by atoms with Crippen LogP contribution in [0.4, 0.5) is 10.1 Å². The van der Waals surface area contributed by atoms with Crippen LogP contribution in [0.15, 0.2) is 70.4 Å².